The predicted molar refractivity (Wildman–Crippen MR) is 91.6 cm³/mol. The van der Waals surface area contributed by atoms with Gasteiger partial charge in [0.05, 0.1) is 18.3 Å². The van der Waals surface area contributed by atoms with Crippen molar-refractivity contribution in [3.63, 3.8) is 0 Å². The van der Waals surface area contributed by atoms with Crippen molar-refractivity contribution >= 4 is 5.97 Å². The smallest absolute Gasteiger partial charge is 0.475 e. The molecule has 1 N–H and O–H groups in total. The number of carboxylic acid groups (broad SMARTS) is 1. The third-order valence-electron chi connectivity index (χ3n) is 5.44. The van der Waals surface area contributed by atoms with Crippen molar-refractivity contribution in [2.24, 2.45) is 5.92 Å². The first kappa shape index (κ1) is 22.4. The third kappa shape index (κ3) is 7.21. The van der Waals surface area contributed by atoms with Gasteiger partial charge >= 0.3 is 12.1 Å². The number of alkyl halides is 3. The van der Waals surface area contributed by atoms with Crippen LogP contribution >= 0.6 is 0 Å². The Labute approximate surface area is 157 Å². The molecule has 6 nitrogen and oxygen atoms in total. The lowest BCUT2D eigenvalue weighted by molar-refractivity contribution is -0.192. The minimum atomic E-state index is -5.08. The summed E-state index contributed by atoms with van der Waals surface area (Å²) in [6.45, 7) is 9.24. The fourth-order valence-corrected chi connectivity index (χ4v) is 3.93. The molecule has 27 heavy (non-hydrogen) atoms. The third-order valence-corrected chi connectivity index (χ3v) is 5.44. The topological polar surface area (TPSA) is 68.2 Å². The van der Waals surface area contributed by atoms with Crippen LogP contribution in [0.4, 0.5) is 13.2 Å². The van der Waals surface area contributed by atoms with Gasteiger partial charge in [-0.3, -0.25) is 0 Å². The Hall–Kier alpha value is -0.900. The molecule has 3 aliphatic heterocycles. The van der Waals surface area contributed by atoms with Crippen molar-refractivity contribution in [1.82, 2.24) is 4.90 Å². The van der Waals surface area contributed by atoms with E-state index in [1.165, 1.54) is 45.3 Å². The van der Waals surface area contributed by atoms with Crippen LogP contribution in [0.5, 0.6) is 0 Å². The maximum atomic E-state index is 10.6. The van der Waals surface area contributed by atoms with Crippen molar-refractivity contribution < 1.29 is 37.3 Å². The maximum Gasteiger partial charge on any atom is 0.490 e. The molecule has 1 atom stereocenters. The van der Waals surface area contributed by atoms with Crippen LogP contribution in [-0.2, 0) is 19.0 Å². The SMILES string of the molecule is CCOC1COC2(CCN(CC3CCOCC3)CC2)C1.O=C(O)C(F)(F)F. The highest BCUT2D eigenvalue weighted by atomic mass is 19.4. The number of piperidine rings is 1. The molecule has 1 unspecified atom stereocenters. The summed E-state index contributed by atoms with van der Waals surface area (Å²) in [6, 6.07) is 0. The number of ether oxygens (including phenoxy) is 3. The summed E-state index contributed by atoms with van der Waals surface area (Å²) in [5, 5.41) is 7.12. The minimum Gasteiger partial charge on any atom is -0.475 e. The zero-order valence-corrected chi connectivity index (χ0v) is 15.8. The molecule has 0 bridgehead atoms. The number of nitrogens with zero attached hydrogens (tertiary/aromatic N) is 1. The van der Waals surface area contributed by atoms with Gasteiger partial charge in [0.15, 0.2) is 0 Å². The highest BCUT2D eigenvalue weighted by Gasteiger charge is 2.43. The van der Waals surface area contributed by atoms with Gasteiger partial charge in [-0.15, -0.1) is 0 Å². The van der Waals surface area contributed by atoms with Gasteiger partial charge in [0, 0.05) is 45.9 Å². The van der Waals surface area contributed by atoms with E-state index in [4.69, 9.17) is 24.1 Å². The van der Waals surface area contributed by atoms with E-state index >= 15 is 0 Å². The van der Waals surface area contributed by atoms with Gasteiger partial charge in [-0.05, 0) is 38.5 Å². The average molecular weight is 397 g/mol. The largest absolute Gasteiger partial charge is 0.490 e. The standard InChI is InChI=1S/C16H29NO3.C2HF3O2/c1-2-19-15-11-16(20-13-15)5-7-17(8-6-16)12-14-3-9-18-10-4-14;3-2(4,5)1(6)7/h14-15H,2-13H2,1H3;(H,6,7). The van der Waals surface area contributed by atoms with Crippen molar-refractivity contribution in [3.05, 3.63) is 0 Å². The van der Waals surface area contributed by atoms with Crippen molar-refractivity contribution in [2.45, 2.75) is 56.9 Å². The average Bonchev–Trinajstić information content (AvgIpc) is 3.01. The highest BCUT2D eigenvalue weighted by Crippen LogP contribution is 2.37. The normalized spacial score (nSPS) is 26.6. The Bertz CT molecular complexity index is 460. The van der Waals surface area contributed by atoms with Gasteiger partial charge < -0.3 is 24.2 Å². The Morgan fingerprint density at radius 3 is 2.37 bits per heavy atom. The van der Waals surface area contributed by atoms with Gasteiger partial charge in [0.1, 0.15) is 0 Å². The van der Waals surface area contributed by atoms with Crippen molar-refractivity contribution in [2.75, 3.05) is 46.1 Å². The molecule has 0 aromatic carbocycles. The molecular weight excluding hydrogens is 367 g/mol. The molecule has 3 heterocycles. The van der Waals surface area contributed by atoms with E-state index in [9.17, 15) is 13.2 Å². The van der Waals surface area contributed by atoms with Crippen LogP contribution in [0.3, 0.4) is 0 Å². The summed E-state index contributed by atoms with van der Waals surface area (Å²) in [6.07, 6.45) is 1.20. The first-order valence-electron chi connectivity index (χ1n) is 9.60. The molecule has 0 aromatic rings. The summed E-state index contributed by atoms with van der Waals surface area (Å²) in [7, 11) is 0. The fourth-order valence-electron chi connectivity index (χ4n) is 3.93. The summed E-state index contributed by atoms with van der Waals surface area (Å²) >= 11 is 0. The zero-order valence-electron chi connectivity index (χ0n) is 15.8. The van der Waals surface area contributed by atoms with E-state index in [0.29, 0.717) is 6.10 Å². The van der Waals surface area contributed by atoms with E-state index in [0.717, 1.165) is 38.8 Å². The van der Waals surface area contributed by atoms with E-state index in [1.54, 1.807) is 0 Å². The van der Waals surface area contributed by atoms with Crippen LogP contribution in [-0.4, -0.2) is 79.9 Å². The molecule has 0 aromatic heterocycles. The number of halogens is 3. The van der Waals surface area contributed by atoms with Crippen molar-refractivity contribution in [3.8, 4) is 0 Å². The number of aliphatic carboxylic acids is 1. The lowest BCUT2D eigenvalue weighted by atomic mass is 9.87. The van der Waals surface area contributed by atoms with Crippen LogP contribution in [0.2, 0.25) is 0 Å². The van der Waals surface area contributed by atoms with Crippen molar-refractivity contribution in [1.29, 1.82) is 0 Å². The zero-order chi connectivity index (χ0) is 19.9. The molecule has 3 aliphatic rings. The van der Waals surface area contributed by atoms with Gasteiger partial charge in [-0.25, -0.2) is 4.79 Å². The Morgan fingerprint density at radius 2 is 1.85 bits per heavy atom. The molecule has 1 spiro atoms. The molecule has 0 radical (unpaired) electrons. The monoisotopic (exact) mass is 397 g/mol. The highest BCUT2D eigenvalue weighted by molar-refractivity contribution is 5.73. The van der Waals surface area contributed by atoms with Crippen LogP contribution in [0.1, 0.15) is 39.0 Å². The summed E-state index contributed by atoms with van der Waals surface area (Å²) in [4.78, 5) is 11.5. The van der Waals surface area contributed by atoms with E-state index < -0.39 is 12.1 Å². The van der Waals surface area contributed by atoms with Crippen LogP contribution in [0.15, 0.2) is 0 Å². The number of carbonyl (C=O) groups is 1. The van der Waals surface area contributed by atoms with E-state index in [2.05, 4.69) is 11.8 Å². The number of hydrogen-bond donors (Lipinski definition) is 1. The molecule has 0 saturated carbocycles. The van der Waals surface area contributed by atoms with Gasteiger partial charge in [0.25, 0.3) is 0 Å². The van der Waals surface area contributed by atoms with E-state index in [1.807, 2.05) is 0 Å². The maximum absolute atomic E-state index is 10.6. The first-order valence-corrected chi connectivity index (χ1v) is 9.60. The summed E-state index contributed by atoms with van der Waals surface area (Å²) < 4.78 is 49.0. The summed E-state index contributed by atoms with van der Waals surface area (Å²) in [5.41, 5.74) is 0.131. The Kier molecular flexibility index (Phi) is 8.33. The van der Waals surface area contributed by atoms with E-state index in [-0.39, 0.29) is 5.60 Å². The lowest BCUT2D eigenvalue weighted by Crippen LogP contribution is -2.46. The van der Waals surface area contributed by atoms with Gasteiger partial charge in [0.2, 0.25) is 0 Å². The second-order valence-electron chi connectivity index (χ2n) is 7.43. The quantitative estimate of drug-likeness (QED) is 0.787. The molecular formula is C18H30F3NO5. The number of hydrogen-bond acceptors (Lipinski definition) is 5. The second-order valence-corrected chi connectivity index (χ2v) is 7.43. The number of rotatable bonds is 4. The Morgan fingerprint density at radius 1 is 1.26 bits per heavy atom. The van der Waals surface area contributed by atoms with Crippen LogP contribution in [0.25, 0.3) is 0 Å². The Balaban J connectivity index is 0.000000321. The summed E-state index contributed by atoms with van der Waals surface area (Å²) in [5.74, 6) is -1.91. The van der Waals surface area contributed by atoms with Gasteiger partial charge in [-0.2, -0.15) is 13.2 Å². The van der Waals surface area contributed by atoms with Crippen LogP contribution < -0.4 is 0 Å². The molecule has 3 fully saturated rings. The molecule has 3 saturated heterocycles. The number of likely N-dealkylation sites (tertiary alicyclic amines) is 1. The second kappa shape index (κ2) is 10.0. The molecule has 0 amide bonds. The molecule has 158 valence electrons. The predicted octanol–water partition coefficient (Wildman–Crippen LogP) is 2.71. The van der Waals surface area contributed by atoms with Crippen LogP contribution in [0, 0.1) is 5.92 Å². The minimum absolute atomic E-state index is 0.131. The van der Waals surface area contributed by atoms with Gasteiger partial charge in [-0.1, -0.05) is 0 Å². The fraction of sp³-hybridized carbons (Fsp3) is 0.944. The molecule has 9 heteroatoms. The number of carboxylic acids is 1. The first-order chi connectivity index (χ1) is 12.7. The molecule has 3 rings (SSSR count). The molecule has 0 aliphatic carbocycles. The lowest BCUT2D eigenvalue weighted by Gasteiger charge is -2.40.